The summed E-state index contributed by atoms with van der Waals surface area (Å²) in [7, 11) is 0. The van der Waals surface area contributed by atoms with Crippen molar-refractivity contribution in [2.75, 3.05) is 0 Å². The minimum atomic E-state index is -0.854. The Morgan fingerprint density at radius 1 is 0.500 bits per heavy atom. The Kier molecular flexibility index (Phi) is 2.87. The lowest BCUT2D eigenvalue weighted by atomic mass is 9.84. The number of hydrogen-bond acceptors (Lipinski definition) is 2. The van der Waals surface area contributed by atoms with Crippen LogP contribution in [0.3, 0.4) is 0 Å². The molecule has 44 heavy (non-hydrogen) atoms. The minimum Gasteiger partial charge on any atom is -0.508 e. The van der Waals surface area contributed by atoms with E-state index in [4.69, 9.17) is 23.6 Å². The van der Waals surface area contributed by atoms with Crippen molar-refractivity contribution in [1.82, 2.24) is 0 Å². The molecule has 0 radical (unpaired) electrons. The molecule has 0 spiro atoms. The zero-order valence-corrected chi connectivity index (χ0v) is 22.5. The molecule has 0 bridgehead atoms. The van der Waals surface area contributed by atoms with Gasteiger partial charge in [0.25, 0.3) is 0 Å². The molecule has 206 valence electrons. The van der Waals surface area contributed by atoms with Gasteiger partial charge in [-0.2, -0.15) is 0 Å². The van der Waals surface area contributed by atoms with Gasteiger partial charge in [-0.25, -0.2) is 0 Å². The van der Waals surface area contributed by atoms with E-state index >= 15 is 0 Å². The summed E-state index contributed by atoms with van der Waals surface area (Å²) >= 11 is 0. The SMILES string of the molecule is [2H]c1c([2H])c([2H])c(-c2c([2H])c([2H])c([2H])c3c2oc2c([2H])c(O)c([2H])c(-c4c5ccccc5c(-c5c([2H])c([2H])c([2H])c6c([2H])c([2H])c([2H])c([2H])c56)c5ccccc45)c23)c([2H])c1[2H]. The molecule has 2 heteroatoms. The van der Waals surface area contributed by atoms with Gasteiger partial charge >= 0.3 is 0 Å². The summed E-state index contributed by atoms with van der Waals surface area (Å²) in [6.07, 6.45) is 0. The highest BCUT2D eigenvalue weighted by molar-refractivity contribution is 6.27. The fourth-order valence-corrected chi connectivity index (χ4v) is 5.99. The number of fused-ring (bicyclic) bond motifs is 6. The molecule has 9 aromatic rings. The summed E-state index contributed by atoms with van der Waals surface area (Å²) in [6.45, 7) is 0. The molecule has 2 nitrogen and oxygen atoms in total. The smallest absolute Gasteiger partial charge is 0.143 e. The van der Waals surface area contributed by atoms with E-state index in [1.807, 2.05) is 0 Å². The van der Waals surface area contributed by atoms with Crippen LogP contribution < -0.4 is 0 Å². The van der Waals surface area contributed by atoms with E-state index in [1.165, 1.54) is 0 Å². The van der Waals surface area contributed by atoms with Gasteiger partial charge in [-0.15, -0.1) is 0 Å². The number of rotatable bonds is 3. The van der Waals surface area contributed by atoms with Crippen LogP contribution in [0.4, 0.5) is 0 Å². The van der Waals surface area contributed by atoms with Crippen molar-refractivity contribution in [3.05, 3.63) is 151 Å². The van der Waals surface area contributed by atoms with Crippen LogP contribution >= 0.6 is 0 Å². The van der Waals surface area contributed by atoms with Crippen LogP contribution in [0.15, 0.2) is 156 Å². The Balaban J connectivity index is 1.53. The number of phenolic OH excluding ortho intramolecular Hbond substituents is 1. The van der Waals surface area contributed by atoms with E-state index in [-0.39, 0.29) is 43.8 Å². The molecule has 0 amide bonds. The van der Waals surface area contributed by atoms with Crippen LogP contribution in [-0.4, -0.2) is 5.11 Å². The lowest BCUT2D eigenvalue weighted by Crippen LogP contribution is -1.92. The molecular weight excluding hydrogens is 536 g/mol. The summed E-state index contributed by atoms with van der Waals surface area (Å²) in [5.41, 5.74) is -1.44. The highest BCUT2D eigenvalue weighted by Crippen LogP contribution is 2.49. The van der Waals surface area contributed by atoms with Gasteiger partial charge < -0.3 is 9.52 Å². The van der Waals surface area contributed by atoms with E-state index in [1.54, 1.807) is 48.5 Å². The van der Waals surface area contributed by atoms with Crippen LogP contribution in [0.2, 0.25) is 0 Å². The van der Waals surface area contributed by atoms with Crippen molar-refractivity contribution < 1.29 is 32.8 Å². The third-order valence-electron chi connectivity index (χ3n) is 7.73. The maximum atomic E-state index is 11.5. The summed E-state index contributed by atoms with van der Waals surface area (Å²) in [5, 5.41) is 12.0. The zero-order valence-electron chi connectivity index (χ0n) is 39.5. The second-order valence-electron chi connectivity index (χ2n) is 10.1. The van der Waals surface area contributed by atoms with Crippen LogP contribution in [0, 0.1) is 0 Å². The number of furan rings is 1. The number of hydrogen-bond donors (Lipinski definition) is 1. The summed E-state index contributed by atoms with van der Waals surface area (Å²) < 4.78 is 155. The fourth-order valence-electron chi connectivity index (χ4n) is 5.99. The van der Waals surface area contributed by atoms with Gasteiger partial charge in [0.2, 0.25) is 0 Å². The summed E-state index contributed by atoms with van der Waals surface area (Å²) in [4.78, 5) is 0. The quantitative estimate of drug-likeness (QED) is 0.211. The average Bonchev–Trinajstić information content (AvgIpc) is 3.65. The Hall–Kier alpha value is -5.86. The molecule has 1 N–H and O–H groups in total. The second-order valence-corrected chi connectivity index (χ2v) is 10.1. The molecule has 0 saturated carbocycles. The zero-order chi connectivity index (χ0) is 44.0. The van der Waals surface area contributed by atoms with Gasteiger partial charge in [0, 0.05) is 22.4 Å². The second kappa shape index (κ2) is 9.58. The van der Waals surface area contributed by atoms with E-state index in [0.717, 1.165) is 0 Å². The van der Waals surface area contributed by atoms with Crippen molar-refractivity contribution in [2.24, 2.45) is 0 Å². The Bertz CT molecular complexity index is 3430. The third-order valence-corrected chi connectivity index (χ3v) is 7.73. The van der Waals surface area contributed by atoms with Gasteiger partial charge in [-0.1, -0.05) is 139 Å². The molecule has 0 saturated heterocycles. The topological polar surface area (TPSA) is 33.4 Å². The molecule has 0 fully saturated rings. The first-order valence-corrected chi connectivity index (χ1v) is 13.5. The number of benzene rings is 8. The van der Waals surface area contributed by atoms with E-state index < -0.39 is 131 Å². The van der Waals surface area contributed by atoms with Crippen molar-refractivity contribution in [2.45, 2.75) is 0 Å². The third kappa shape index (κ3) is 3.61. The Labute approximate surface area is 277 Å². The lowest BCUT2D eigenvalue weighted by Gasteiger charge is -2.19. The van der Waals surface area contributed by atoms with Crippen molar-refractivity contribution in [3.63, 3.8) is 0 Å². The minimum absolute atomic E-state index is 0.0603. The molecule has 0 aliphatic rings. The van der Waals surface area contributed by atoms with Gasteiger partial charge in [0.1, 0.15) is 16.9 Å². The highest BCUT2D eigenvalue weighted by Gasteiger charge is 2.22. The van der Waals surface area contributed by atoms with E-state index in [2.05, 4.69) is 0 Å². The van der Waals surface area contributed by atoms with Crippen LogP contribution in [0.1, 0.15) is 23.3 Å². The van der Waals surface area contributed by atoms with E-state index in [0.29, 0.717) is 21.5 Å². The van der Waals surface area contributed by atoms with Crippen LogP contribution in [-0.2, 0) is 0 Å². The molecule has 9 rings (SSSR count). The van der Waals surface area contributed by atoms with Crippen molar-refractivity contribution in [1.29, 1.82) is 0 Å². The maximum absolute atomic E-state index is 11.5. The monoisotopic (exact) mass is 579 g/mol. The Morgan fingerprint density at radius 3 is 1.80 bits per heavy atom. The summed E-state index contributed by atoms with van der Waals surface area (Å²) in [5.74, 6) is -0.854. The fraction of sp³-hybridized carbons (Fsp3) is 0. The summed E-state index contributed by atoms with van der Waals surface area (Å²) in [6, 6.07) is 2.35. The largest absolute Gasteiger partial charge is 0.508 e. The number of aromatic hydroxyl groups is 1. The van der Waals surface area contributed by atoms with Gasteiger partial charge in [0.15, 0.2) is 0 Å². The Morgan fingerprint density at radius 2 is 1.07 bits per heavy atom. The standard InChI is InChI=1S/C42H26O2/c43-28-24-37(41-36-23-11-21-30(27-12-2-1-3-13-27)42(36)44-38(41)25-28)40-34-19-8-6-17-32(34)39(33-18-7-9-20-35(33)40)31-22-10-15-26-14-4-5-16-29(26)31/h1-25,43H/i1D,2D,3D,4D,5D,10D,11D,12D,13D,14D,15D,16D,21D,22D,23D,24D,25D. The molecule has 1 heterocycles. The van der Waals surface area contributed by atoms with Gasteiger partial charge in [-0.05, 0) is 66.2 Å². The average molecular weight is 580 g/mol. The van der Waals surface area contributed by atoms with Crippen LogP contribution in [0.5, 0.6) is 5.75 Å². The normalized spacial score (nSPS) is 17.1. The molecule has 1 aromatic heterocycles. The molecular formula is C42H26O2. The first-order valence-electron chi connectivity index (χ1n) is 22.0. The number of phenols is 1. The predicted molar refractivity (Wildman–Crippen MR) is 184 cm³/mol. The van der Waals surface area contributed by atoms with Crippen LogP contribution in [0.25, 0.3) is 87.6 Å². The molecule has 8 aromatic carbocycles. The van der Waals surface area contributed by atoms with Crippen molar-refractivity contribution in [3.8, 4) is 39.1 Å². The lowest BCUT2D eigenvalue weighted by molar-refractivity contribution is 0.475. The van der Waals surface area contributed by atoms with E-state index in [9.17, 15) is 9.22 Å². The van der Waals surface area contributed by atoms with Gasteiger partial charge in [0.05, 0.1) is 23.3 Å². The first-order chi connectivity index (χ1) is 28.8. The number of para-hydroxylation sites is 1. The first kappa shape index (κ1) is 13.2. The molecule has 0 aliphatic heterocycles. The molecule has 0 atom stereocenters. The maximum Gasteiger partial charge on any atom is 0.143 e. The molecule has 0 aliphatic carbocycles. The highest BCUT2D eigenvalue weighted by atomic mass is 16.3. The van der Waals surface area contributed by atoms with Gasteiger partial charge in [-0.3, -0.25) is 0 Å². The molecule has 0 unspecified atom stereocenters. The van der Waals surface area contributed by atoms with Crippen molar-refractivity contribution >= 4 is 54.3 Å². The predicted octanol–water partition coefficient (Wildman–Crippen LogP) is 11.8.